The number of hydrogen-bond acceptors (Lipinski definition) is 4. The highest BCUT2D eigenvalue weighted by molar-refractivity contribution is 5.99. The largest absolute Gasteiger partial charge is 0.482 e. The fourth-order valence-electron chi connectivity index (χ4n) is 3.18. The van der Waals surface area contributed by atoms with Crippen LogP contribution in [-0.2, 0) is 11.3 Å². The summed E-state index contributed by atoms with van der Waals surface area (Å²) in [7, 11) is 0. The Labute approximate surface area is 141 Å². The lowest BCUT2D eigenvalue weighted by Gasteiger charge is -2.25. The minimum Gasteiger partial charge on any atom is -0.482 e. The normalized spacial score (nSPS) is 18.1. The van der Waals surface area contributed by atoms with Crippen LogP contribution in [0.5, 0.6) is 5.75 Å². The lowest BCUT2D eigenvalue weighted by atomic mass is 9.85. The van der Waals surface area contributed by atoms with Gasteiger partial charge >= 0.3 is 0 Å². The molecule has 24 heavy (non-hydrogen) atoms. The van der Waals surface area contributed by atoms with Crippen LogP contribution in [0.15, 0.2) is 30.6 Å². The molecular formula is C18H22N4O2. The molecule has 1 aliphatic carbocycles. The zero-order valence-electron chi connectivity index (χ0n) is 13.8. The molecule has 2 aromatic rings. The SMILES string of the molecule is CC(Nc1cccc2c1NC(=O)CO2)c1cnn(CC2CCC2)c1. The summed E-state index contributed by atoms with van der Waals surface area (Å²) in [5.74, 6) is 1.36. The van der Waals surface area contributed by atoms with Gasteiger partial charge in [-0.15, -0.1) is 0 Å². The van der Waals surface area contributed by atoms with E-state index in [0.717, 1.165) is 23.7 Å². The van der Waals surface area contributed by atoms with Gasteiger partial charge in [0, 0.05) is 18.3 Å². The highest BCUT2D eigenvalue weighted by Gasteiger charge is 2.21. The Morgan fingerprint density at radius 3 is 3.12 bits per heavy atom. The van der Waals surface area contributed by atoms with Crippen LogP contribution in [0.2, 0.25) is 0 Å². The van der Waals surface area contributed by atoms with Crippen molar-refractivity contribution in [3.05, 3.63) is 36.2 Å². The van der Waals surface area contributed by atoms with Crippen molar-refractivity contribution >= 4 is 17.3 Å². The molecule has 1 saturated carbocycles. The highest BCUT2D eigenvalue weighted by Crippen LogP contribution is 2.36. The first-order valence-corrected chi connectivity index (χ1v) is 8.53. The molecule has 126 valence electrons. The third-order valence-electron chi connectivity index (χ3n) is 4.84. The molecule has 2 aliphatic rings. The van der Waals surface area contributed by atoms with E-state index in [-0.39, 0.29) is 18.6 Å². The highest BCUT2D eigenvalue weighted by atomic mass is 16.5. The van der Waals surface area contributed by atoms with Gasteiger partial charge in [0.2, 0.25) is 0 Å². The molecule has 0 bridgehead atoms. The molecule has 2 heterocycles. The smallest absolute Gasteiger partial charge is 0.262 e. The van der Waals surface area contributed by atoms with Gasteiger partial charge in [0.1, 0.15) is 11.4 Å². The summed E-state index contributed by atoms with van der Waals surface area (Å²) in [6.45, 7) is 3.17. The molecule has 1 aromatic heterocycles. The minimum absolute atomic E-state index is 0.0694. The number of hydrogen-bond donors (Lipinski definition) is 2. The molecular weight excluding hydrogens is 304 g/mol. The minimum atomic E-state index is -0.127. The van der Waals surface area contributed by atoms with E-state index in [9.17, 15) is 4.79 Å². The zero-order chi connectivity index (χ0) is 16.5. The van der Waals surface area contributed by atoms with Crippen molar-refractivity contribution in [3.8, 4) is 5.75 Å². The lowest BCUT2D eigenvalue weighted by Crippen LogP contribution is -2.26. The monoisotopic (exact) mass is 326 g/mol. The molecule has 1 atom stereocenters. The van der Waals surface area contributed by atoms with Crippen molar-refractivity contribution in [1.29, 1.82) is 0 Å². The molecule has 1 fully saturated rings. The summed E-state index contributed by atoms with van der Waals surface area (Å²) in [4.78, 5) is 11.6. The summed E-state index contributed by atoms with van der Waals surface area (Å²) in [5.41, 5.74) is 2.71. The predicted octanol–water partition coefficient (Wildman–Crippen LogP) is 3.19. The summed E-state index contributed by atoms with van der Waals surface area (Å²) in [6.07, 6.45) is 8.02. The van der Waals surface area contributed by atoms with Gasteiger partial charge in [0.15, 0.2) is 6.61 Å². The van der Waals surface area contributed by atoms with E-state index in [1.54, 1.807) is 0 Å². The van der Waals surface area contributed by atoms with Gasteiger partial charge in [0.25, 0.3) is 5.91 Å². The number of rotatable bonds is 5. The fourth-order valence-corrected chi connectivity index (χ4v) is 3.18. The van der Waals surface area contributed by atoms with E-state index in [1.165, 1.54) is 19.3 Å². The van der Waals surface area contributed by atoms with Crippen LogP contribution in [-0.4, -0.2) is 22.3 Å². The maximum Gasteiger partial charge on any atom is 0.262 e. The second kappa shape index (κ2) is 6.19. The van der Waals surface area contributed by atoms with Crippen LogP contribution < -0.4 is 15.4 Å². The molecule has 4 rings (SSSR count). The average Bonchev–Trinajstić information content (AvgIpc) is 3.00. The molecule has 1 unspecified atom stereocenters. The van der Waals surface area contributed by atoms with Crippen molar-refractivity contribution in [2.24, 2.45) is 5.92 Å². The van der Waals surface area contributed by atoms with E-state index >= 15 is 0 Å². The van der Waals surface area contributed by atoms with Gasteiger partial charge in [-0.05, 0) is 37.8 Å². The number of anilines is 2. The Kier molecular flexibility index (Phi) is 3.88. The van der Waals surface area contributed by atoms with Crippen molar-refractivity contribution in [3.63, 3.8) is 0 Å². The fraction of sp³-hybridized carbons (Fsp3) is 0.444. The van der Waals surface area contributed by atoms with E-state index in [0.29, 0.717) is 11.4 Å². The van der Waals surface area contributed by atoms with Gasteiger partial charge in [-0.25, -0.2) is 0 Å². The maximum absolute atomic E-state index is 11.6. The Morgan fingerprint density at radius 1 is 1.46 bits per heavy atom. The second-order valence-electron chi connectivity index (χ2n) is 6.67. The summed E-state index contributed by atoms with van der Waals surface area (Å²) >= 11 is 0. The number of ether oxygens (including phenoxy) is 1. The number of para-hydroxylation sites is 1. The van der Waals surface area contributed by atoms with Gasteiger partial charge in [-0.2, -0.15) is 5.10 Å². The average molecular weight is 326 g/mol. The van der Waals surface area contributed by atoms with Crippen LogP contribution in [0.25, 0.3) is 0 Å². The van der Waals surface area contributed by atoms with E-state index in [2.05, 4.69) is 28.9 Å². The van der Waals surface area contributed by atoms with Crippen molar-refractivity contribution < 1.29 is 9.53 Å². The predicted molar refractivity (Wildman–Crippen MR) is 92.2 cm³/mol. The summed E-state index contributed by atoms with van der Waals surface area (Å²) in [6, 6.07) is 5.82. The standard InChI is InChI=1S/C18H22N4O2/c1-12(14-8-19-22(10-14)9-13-4-2-5-13)20-15-6-3-7-16-18(15)21-17(23)11-24-16/h3,6-8,10,12-13,20H,2,4-5,9,11H2,1H3,(H,21,23). The Bertz CT molecular complexity index is 751. The molecule has 2 N–H and O–H groups in total. The van der Waals surface area contributed by atoms with E-state index in [4.69, 9.17) is 4.74 Å². The number of nitrogens with one attached hydrogen (secondary N) is 2. The van der Waals surface area contributed by atoms with Gasteiger partial charge in [-0.1, -0.05) is 12.5 Å². The lowest BCUT2D eigenvalue weighted by molar-refractivity contribution is -0.118. The topological polar surface area (TPSA) is 68.2 Å². The van der Waals surface area contributed by atoms with E-state index < -0.39 is 0 Å². The van der Waals surface area contributed by atoms with Crippen LogP contribution in [0.1, 0.15) is 37.8 Å². The molecule has 0 saturated heterocycles. The van der Waals surface area contributed by atoms with Crippen molar-refractivity contribution in [2.45, 2.75) is 38.8 Å². The molecule has 1 aliphatic heterocycles. The second-order valence-corrected chi connectivity index (χ2v) is 6.67. The number of nitrogens with zero attached hydrogens (tertiary/aromatic N) is 2. The number of carbonyl (C=O) groups excluding carboxylic acids is 1. The summed E-state index contributed by atoms with van der Waals surface area (Å²) < 4.78 is 7.51. The number of carbonyl (C=O) groups is 1. The number of aromatic nitrogens is 2. The summed E-state index contributed by atoms with van der Waals surface area (Å²) in [5, 5.41) is 10.8. The molecule has 6 nitrogen and oxygen atoms in total. The third kappa shape index (κ3) is 2.96. The Morgan fingerprint density at radius 2 is 2.33 bits per heavy atom. The van der Waals surface area contributed by atoms with Crippen molar-refractivity contribution in [2.75, 3.05) is 17.2 Å². The number of fused-ring (bicyclic) bond motifs is 1. The van der Waals surface area contributed by atoms with Gasteiger partial charge < -0.3 is 15.4 Å². The zero-order valence-corrected chi connectivity index (χ0v) is 13.8. The molecule has 1 aromatic carbocycles. The van der Waals surface area contributed by atoms with Crippen LogP contribution >= 0.6 is 0 Å². The molecule has 6 heteroatoms. The number of benzene rings is 1. The third-order valence-corrected chi connectivity index (χ3v) is 4.84. The quantitative estimate of drug-likeness (QED) is 0.885. The molecule has 1 amide bonds. The first-order valence-electron chi connectivity index (χ1n) is 8.53. The van der Waals surface area contributed by atoms with E-state index in [1.807, 2.05) is 29.1 Å². The number of amides is 1. The van der Waals surface area contributed by atoms with Gasteiger partial charge in [0.05, 0.1) is 17.9 Å². The Balaban J connectivity index is 1.48. The van der Waals surface area contributed by atoms with Crippen LogP contribution in [0.4, 0.5) is 11.4 Å². The maximum atomic E-state index is 11.6. The van der Waals surface area contributed by atoms with Crippen LogP contribution in [0.3, 0.4) is 0 Å². The first kappa shape index (κ1) is 15.1. The Hall–Kier alpha value is -2.50. The first-order chi connectivity index (χ1) is 11.7. The van der Waals surface area contributed by atoms with Crippen LogP contribution in [0, 0.1) is 5.92 Å². The van der Waals surface area contributed by atoms with Gasteiger partial charge in [-0.3, -0.25) is 9.48 Å². The van der Waals surface area contributed by atoms with Crippen molar-refractivity contribution in [1.82, 2.24) is 9.78 Å². The molecule has 0 spiro atoms. The molecule has 0 radical (unpaired) electrons.